The van der Waals surface area contributed by atoms with Crippen molar-refractivity contribution < 1.29 is 40.8 Å². The largest absolute Gasteiger partial charge is 2.00 e. The third kappa shape index (κ3) is 4.54. The van der Waals surface area contributed by atoms with Gasteiger partial charge in [0.2, 0.25) is 0 Å². The van der Waals surface area contributed by atoms with Crippen molar-refractivity contribution >= 4 is 44.1 Å². The maximum absolute atomic E-state index is 11.9. The van der Waals surface area contributed by atoms with E-state index in [-0.39, 0.29) is 49.9 Å². The minimum atomic E-state index is -0.589. The van der Waals surface area contributed by atoms with Crippen LogP contribution in [0.4, 0.5) is 21.3 Å². The zero-order chi connectivity index (χ0) is 15.5. The van der Waals surface area contributed by atoms with E-state index in [1.165, 1.54) is 29.5 Å². The van der Waals surface area contributed by atoms with Crippen LogP contribution >= 0.6 is 11.3 Å². The molecule has 0 aliphatic heterocycles. The number of fused-ring (bicyclic) bond motifs is 1. The Labute approximate surface area is 166 Å². The third-order valence-corrected chi connectivity index (χ3v) is 3.72. The molecule has 120 valence electrons. The van der Waals surface area contributed by atoms with Crippen LogP contribution in [0.3, 0.4) is 0 Å². The van der Waals surface area contributed by atoms with Crippen LogP contribution in [-0.2, 0) is 0 Å². The summed E-state index contributed by atoms with van der Waals surface area (Å²) in [5.41, 5.74) is 0.612. The Morgan fingerprint density at radius 2 is 1.96 bits per heavy atom. The summed E-state index contributed by atoms with van der Waals surface area (Å²) in [6.45, 7) is 0. The fourth-order valence-electron chi connectivity index (χ4n) is 1.85. The minimum absolute atomic E-state index is 0. The van der Waals surface area contributed by atoms with Crippen LogP contribution in [0.15, 0.2) is 42.5 Å². The van der Waals surface area contributed by atoms with Crippen LogP contribution in [0.1, 0.15) is 0 Å². The Bertz CT molecular complexity index is 836. The van der Waals surface area contributed by atoms with Crippen molar-refractivity contribution in [2.24, 2.45) is 0 Å². The average molecular weight is 566 g/mol. The molecule has 0 aliphatic rings. The number of hydrogen-bond donors (Lipinski definition) is 2. The average Bonchev–Trinajstić information content (AvgIpc) is 2.89. The zero-order valence-electron chi connectivity index (χ0n) is 12.6. The Hall–Kier alpha value is -1.95. The molecule has 0 fully saturated rings. The number of thiazole rings is 1. The molecule has 0 spiro atoms. The molecule has 1 heterocycles. The van der Waals surface area contributed by atoms with Gasteiger partial charge in [-0.3, -0.25) is 15.4 Å². The second kappa shape index (κ2) is 8.78. The van der Waals surface area contributed by atoms with E-state index < -0.39 is 11.0 Å². The fourth-order valence-corrected chi connectivity index (χ4v) is 2.69. The van der Waals surface area contributed by atoms with Gasteiger partial charge in [0, 0.05) is 6.07 Å². The number of carbonyl (C=O) groups is 1. The normalized spacial score (nSPS) is 9.50. The van der Waals surface area contributed by atoms with Crippen molar-refractivity contribution in [3.05, 3.63) is 66.1 Å². The van der Waals surface area contributed by atoms with Crippen molar-refractivity contribution in [1.29, 1.82) is 0 Å². The Morgan fingerprint density at radius 1 is 1.21 bits per heavy atom. The molecule has 2 amide bonds. The fraction of sp³-hybridized carbons (Fsp3) is 0. The molecule has 3 aromatic rings. The van der Waals surface area contributed by atoms with Crippen LogP contribution in [0.2, 0.25) is 0 Å². The first-order valence-corrected chi connectivity index (χ1v) is 7.04. The maximum Gasteiger partial charge on any atom is 2.00 e. The smallest absolute Gasteiger partial charge is 0.358 e. The van der Waals surface area contributed by atoms with Crippen molar-refractivity contribution in [2.75, 3.05) is 10.6 Å². The summed E-state index contributed by atoms with van der Waals surface area (Å²) in [5, 5.41) is 16.3. The number of urea groups is 1. The number of anilines is 2. The third-order valence-electron chi connectivity index (χ3n) is 2.79. The quantitative estimate of drug-likeness (QED) is 0.284. The molecular weight excluding hydrogens is 554 g/mol. The van der Waals surface area contributed by atoms with Gasteiger partial charge in [0.05, 0.1) is 4.92 Å². The first-order valence-electron chi connectivity index (χ1n) is 6.22. The summed E-state index contributed by atoms with van der Waals surface area (Å²) in [4.78, 5) is 26.5. The predicted octanol–water partition coefficient (Wildman–Crippen LogP) is 4.10. The molecule has 7 nitrogen and oxygen atoms in total. The molecule has 3 rings (SSSR count). The minimum Gasteiger partial charge on any atom is -0.358 e. The predicted molar refractivity (Wildman–Crippen MR) is 90.6 cm³/mol. The first-order chi connectivity index (χ1) is 10.6. The molecule has 2 N–H and O–H groups in total. The van der Waals surface area contributed by atoms with Gasteiger partial charge in [-0.25, -0.2) is 9.78 Å². The van der Waals surface area contributed by atoms with Gasteiger partial charge in [0.15, 0.2) is 5.13 Å². The van der Waals surface area contributed by atoms with Crippen LogP contribution in [-0.4, -0.2) is 15.9 Å². The van der Waals surface area contributed by atoms with Crippen LogP contribution in [0.25, 0.3) is 10.2 Å². The maximum atomic E-state index is 11.9. The van der Waals surface area contributed by atoms with Gasteiger partial charge in [0.25, 0.3) is 5.69 Å². The van der Waals surface area contributed by atoms with Gasteiger partial charge in [-0.05, 0) is 11.6 Å². The van der Waals surface area contributed by atoms with Gasteiger partial charge in [0.1, 0.15) is 5.69 Å². The molecule has 0 unspecified atom stereocenters. The van der Waals surface area contributed by atoms with E-state index in [4.69, 9.17) is 0 Å². The Balaban J connectivity index is 0.00000144. The van der Waals surface area contributed by atoms with Crippen molar-refractivity contribution in [3.63, 3.8) is 0 Å². The van der Waals surface area contributed by atoms with Crippen molar-refractivity contribution in [1.82, 2.24) is 4.98 Å². The zero-order valence-corrected chi connectivity index (χ0v) is 17.5. The van der Waals surface area contributed by atoms with E-state index in [0.29, 0.717) is 10.6 Å². The molecule has 0 saturated carbocycles. The number of hydrogen-bond acceptors (Lipinski definition) is 5. The molecular formula is C15H12N4O3SU. The number of amides is 2. The van der Waals surface area contributed by atoms with Gasteiger partial charge in [-0.1, -0.05) is 16.8 Å². The number of aromatic nitrogens is 1. The van der Waals surface area contributed by atoms with E-state index in [1.54, 1.807) is 12.1 Å². The van der Waals surface area contributed by atoms with Gasteiger partial charge in [-0.2, -0.15) is 35.6 Å². The number of nitro groups is 1. The molecule has 0 saturated heterocycles. The summed E-state index contributed by atoms with van der Waals surface area (Å²) in [6, 6.07) is 13.7. The number of nitro benzene ring substituents is 1. The summed E-state index contributed by atoms with van der Waals surface area (Å²) in [6.07, 6.45) is 0. The molecule has 1 aromatic heterocycles. The second-order valence-corrected chi connectivity index (χ2v) is 5.29. The standard InChI is InChI=1S/C14H9N4O3S.CH3.U/c19-13(15-9-5-1-3-7-11(9)18(20)21)17-14-16-10-6-2-4-8-12(10)22-14;;/h1-5,7-8H,(H2,15,16,17,19);1H3;/q2*-1;+2. The van der Waals surface area contributed by atoms with Crippen molar-refractivity contribution in [2.45, 2.75) is 0 Å². The summed E-state index contributed by atoms with van der Waals surface area (Å²) in [7, 11) is 0. The SMILES string of the molecule is O=C(Nc1nc2[c-]cccc2s1)Nc1ccccc1[N+](=O)[O-].[CH3-].[U+2]. The van der Waals surface area contributed by atoms with Gasteiger partial charge in [-0.15, -0.1) is 0 Å². The van der Waals surface area contributed by atoms with E-state index in [2.05, 4.69) is 21.7 Å². The molecule has 9 heteroatoms. The first kappa shape index (κ1) is 20.1. The molecule has 0 atom stereocenters. The molecule has 0 bridgehead atoms. The monoisotopic (exact) mass is 566 g/mol. The van der Waals surface area contributed by atoms with Crippen molar-refractivity contribution in [3.8, 4) is 0 Å². The van der Waals surface area contributed by atoms with E-state index in [0.717, 1.165) is 4.70 Å². The summed E-state index contributed by atoms with van der Waals surface area (Å²) in [5.74, 6) is 0. The second-order valence-electron chi connectivity index (χ2n) is 4.26. The number of benzene rings is 2. The van der Waals surface area contributed by atoms with Crippen LogP contribution < -0.4 is 10.6 Å². The molecule has 24 heavy (non-hydrogen) atoms. The van der Waals surface area contributed by atoms with Crippen LogP contribution in [0, 0.1) is 54.7 Å². The summed E-state index contributed by atoms with van der Waals surface area (Å²) < 4.78 is 0.892. The summed E-state index contributed by atoms with van der Waals surface area (Å²) >= 11 is 1.30. The molecule has 0 radical (unpaired) electrons. The topological polar surface area (TPSA) is 97.2 Å². The van der Waals surface area contributed by atoms with E-state index in [1.807, 2.05) is 12.1 Å². The Kier molecular flexibility index (Phi) is 7.35. The number of nitrogens with zero attached hydrogens (tertiary/aromatic N) is 2. The number of rotatable bonds is 3. The Morgan fingerprint density at radius 3 is 2.67 bits per heavy atom. The van der Waals surface area contributed by atoms with Gasteiger partial charge >= 0.3 is 37.1 Å². The number of para-hydroxylation sites is 3. The number of nitrogens with one attached hydrogen (secondary N) is 2. The number of carbonyl (C=O) groups excluding carboxylic acids is 1. The van der Waals surface area contributed by atoms with E-state index in [9.17, 15) is 14.9 Å². The van der Waals surface area contributed by atoms with Crippen LogP contribution in [0.5, 0.6) is 0 Å². The van der Waals surface area contributed by atoms with E-state index >= 15 is 0 Å². The molecule has 2 aromatic carbocycles. The van der Waals surface area contributed by atoms with Gasteiger partial charge < -0.3 is 12.7 Å². The molecule has 0 aliphatic carbocycles.